The Labute approximate surface area is 102 Å². The van der Waals surface area contributed by atoms with Gasteiger partial charge in [0, 0.05) is 23.1 Å². The van der Waals surface area contributed by atoms with Gasteiger partial charge in [-0.3, -0.25) is 0 Å². The van der Waals surface area contributed by atoms with Crippen LogP contribution in [0.25, 0.3) is 0 Å². The molecule has 2 saturated carbocycles. The fourth-order valence-corrected chi connectivity index (χ4v) is 2.65. The molecule has 1 heterocycles. The topological polar surface area (TPSA) is 63.8 Å². The van der Waals surface area contributed by atoms with E-state index in [2.05, 4.69) is 17.3 Å². The van der Waals surface area contributed by atoms with E-state index >= 15 is 0 Å². The van der Waals surface area contributed by atoms with Crippen LogP contribution in [-0.4, -0.2) is 9.97 Å². The van der Waals surface area contributed by atoms with Crippen molar-refractivity contribution < 1.29 is 0 Å². The summed E-state index contributed by atoms with van der Waals surface area (Å²) in [5, 5.41) is 0. The first-order valence-electron chi connectivity index (χ1n) is 6.57. The van der Waals surface area contributed by atoms with Gasteiger partial charge in [0.15, 0.2) is 0 Å². The Morgan fingerprint density at radius 3 is 2.59 bits per heavy atom. The first kappa shape index (κ1) is 11.0. The summed E-state index contributed by atoms with van der Waals surface area (Å²) in [5.74, 6) is 7.88. The number of rotatable bonds is 3. The minimum Gasteiger partial charge on any atom is -0.308 e. The van der Waals surface area contributed by atoms with Crippen molar-refractivity contribution in [2.45, 2.75) is 56.8 Å². The standard InChI is InChI=1S/C13H20N4/c1-13(6-7-13)12-15-10(8-11(16-12)17-14)9-4-2-3-5-9/h8-9H,2-7,14H2,1H3,(H,15,16,17). The molecule has 0 aliphatic heterocycles. The second-order valence-electron chi connectivity index (χ2n) is 5.69. The smallest absolute Gasteiger partial charge is 0.143 e. The lowest BCUT2D eigenvalue weighted by atomic mass is 10.0. The minimum absolute atomic E-state index is 0.209. The van der Waals surface area contributed by atoms with Gasteiger partial charge >= 0.3 is 0 Å². The predicted octanol–water partition coefficient (Wildman–Crippen LogP) is 2.47. The Balaban J connectivity index is 1.96. The zero-order chi connectivity index (χ0) is 11.9. The van der Waals surface area contributed by atoms with Gasteiger partial charge in [0.05, 0.1) is 0 Å². The highest BCUT2D eigenvalue weighted by molar-refractivity contribution is 5.38. The molecule has 2 fully saturated rings. The van der Waals surface area contributed by atoms with E-state index in [9.17, 15) is 0 Å². The lowest BCUT2D eigenvalue weighted by Gasteiger charge is -2.14. The molecular weight excluding hydrogens is 212 g/mol. The maximum Gasteiger partial charge on any atom is 0.143 e. The molecule has 4 heteroatoms. The van der Waals surface area contributed by atoms with Gasteiger partial charge in [0.2, 0.25) is 0 Å². The van der Waals surface area contributed by atoms with Crippen LogP contribution in [-0.2, 0) is 5.41 Å². The van der Waals surface area contributed by atoms with Gasteiger partial charge in [-0.25, -0.2) is 15.8 Å². The number of nitrogens with two attached hydrogens (primary N) is 1. The van der Waals surface area contributed by atoms with Crippen molar-refractivity contribution in [3.63, 3.8) is 0 Å². The second-order valence-corrected chi connectivity index (χ2v) is 5.69. The van der Waals surface area contributed by atoms with Crippen molar-refractivity contribution in [1.29, 1.82) is 0 Å². The molecule has 3 rings (SSSR count). The van der Waals surface area contributed by atoms with E-state index in [4.69, 9.17) is 10.8 Å². The summed E-state index contributed by atoms with van der Waals surface area (Å²) in [6, 6.07) is 2.02. The number of aromatic nitrogens is 2. The van der Waals surface area contributed by atoms with E-state index in [0.29, 0.717) is 5.92 Å². The van der Waals surface area contributed by atoms with Crippen LogP contribution < -0.4 is 11.3 Å². The van der Waals surface area contributed by atoms with Crippen LogP contribution in [0.2, 0.25) is 0 Å². The third-order valence-electron chi connectivity index (χ3n) is 4.21. The minimum atomic E-state index is 0.209. The normalized spacial score (nSPS) is 22.7. The van der Waals surface area contributed by atoms with Crippen LogP contribution in [0.3, 0.4) is 0 Å². The summed E-state index contributed by atoms with van der Waals surface area (Å²) in [6.07, 6.45) is 7.57. The molecule has 0 bridgehead atoms. The highest BCUT2D eigenvalue weighted by atomic mass is 15.3. The van der Waals surface area contributed by atoms with Gasteiger partial charge in [-0.1, -0.05) is 19.8 Å². The first-order valence-corrected chi connectivity index (χ1v) is 6.57. The molecule has 0 amide bonds. The Morgan fingerprint density at radius 2 is 2.00 bits per heavy atom. The third kappa shape index (κ3) is 2.02. The number of nitrogens with zero attached hydrogens (tertiary/aromatic N) is 2. The summed E-state index contributed by atoms with van der Waals surface area (Å²) in [6.45, 7) is 2.24. The molecule has 3 N–H and O–H groups in total. The predicted molar refractivity (Wildman–Crippen MR) is 67.6 cm³/mol. The molecule has 1 aromatic rings. The molecule has 0 spiro atoms. The van der Waals surface area contributed by atoms with Crippen molar-refractivity contribution in [2.75, 3.05) is 5.43 Å². The van der Waals surface area contributed by atoms with E-state index < -0.39 is 0 Å². The van der Waals surface area contributed by atoms with Crippen molar-refractivity contribution in [3.05, 3.63) is 17.6 Å². The van der Waals surface area contributed by atoms with Crippen LogP contribution in [0.15, 0.2) is 6.07 Å². The summed E-state index contributed by atoms with van der Waals surface area (Å²) < 4.78 is 0. The molecule has 0 unspecified atom stereocenters. The van der Waals surface area contributed by atoms with Crippen molar-refractivity contribution in [1.82, 2.24) is 9.97 Å². The summed E-state index contributed by atoms with van der Waals surface area (Å²) in [5.41, 5.74) is 4.08. The number of hydrogen-bond donors (Lipinski definition) is 2. The maximum absolute atomic E-state index is 5.51. The number of nitrogens with one attached hydrogen (secondary N) is 1. The van der Waals surface area contributed by atoms with Crippen molar-refractivity contribution in [3.8, 4) is 0 Å². The molecule has 1 aromatic heterocycles. The Hall–Kier alpha value is -1.16. The van der Waals surface area contributed by atoms with Crippen LogP contribution in [0.4, 0.5) is 5.82 Å². The van der Waals surface area contributed by atoms with Gasteiger partial charge in [0.25, 0.3) is 0 Å². The largest absolute Gasteiger partial charge is 0.308 e. The number of hydrazine groups is 1. The molecule has 92 valence electrons. The Bertz CT molecular complexity index is 419. The molecule has 0 aromatic carbocycles. The second kappa shape index (κ2) is 3.95. The summed E-state index contributed by atoms with van der Waals surface area (Å²) in [7, 11) is 0. The van der Waals surface area contributed by atoms with Gasteiger partial charge in [0.1, 0.15) is 11.6 Å². The van der Waals surface area contributed by atoms with E-state index in [1.807, 2.05) is 6.07 Å². The summed E-state index contributed by atoms with van der Waals surface area (Å²) in [4.78, 5) is 9.30. The first-order chi connectivity index (χ1) is 8.21. The molecule has 2 aliphatic rings. The lowest BCUT2D eigenvalue weighted by molar-refractivity contribution is 0.650. The Morgan fingerprint density at radius 1 is 1.29 bits per heavy atom. The molecule has 17 heavy (non-hydrogen) atoms. The van der Waals surface area contributed by atoms with Gasteiger partial charge in [-0.05, 0) is 25.7 Å². The summed E-state index contributed by atoms with van der Waals surface area (Å²) >= 11 is 0. The maximum atomic E-state index is 5.51. The highest BCUT2D eigenvalue weighted by Gasteiger charge is 2.42. The molecular formula is C13H20N4. The zero-order valence-electron chi connectivity index (χ0n) is 10.4. The number of anilines is 1. The molecule has 2 aliphatic carbocycles. The fourth-order valence-electron chi connectivity index (χ4n) is 2.65. The van der Waals surface area contributed by atoms with Gasteiger partial charge in [-0.2, -0.15) is 0 Å². The molecule has 0 atom stereocenters. The zero-order valence-corrected chi connectivity index (χ0v) is 10.4. The average Bonchev–Trinajstić information content (AvgIpc) is 2.91. The quantitative estimate of drug-likeness (QED) is 0.620. The van der Waals surface area contributed by atoms with Crippen molar-refractivity contribution in [2.24, 2.45) is 5.84 Å². The van der Waals surface area contributed by atoms with Crippen molar-refractivity contribution >= 4 is 5.82 Å². The van der Waals surface area contributed by atoms with Crippen LogP contribution in [0.5, 0.6) is 0 Å². The van der Waals surface area contributed by atoms with E-state index in [0.717, 1.165) is 11.6 Å². The average molecular weight is 232 g/mol. The van der Waals surface area contributed by atoms with Crippen LogP contribution in [0.1, 0.15) is 62.9 Å². The lowest BCUT2D eigenvalue weighted by Crippen LogP contribution is -2.16. The molecule has 4 nitrogen and oxygen atoms in total. The van der Waals surface area contributed by atoms with Gasteiger partial charge in [-0.15, -0.1) is 0 Å². The van der Waals surface area contributed by atoms with E-state index in [1.165, 1.54) is 44.2 Å². The van der Waals surface area contributed by atoms with Crippen LogP contribution >= 0.6 is 0 Å². The number of hydrogen-bond acceptors (Lipinski definition) is 4. The molecule has 0 radical (unpaired) electrons. The van der Waals surface area contributed by atoms with Crippen LogP contribution in [0, 0.1) is 0 Å². The van der Waals surface area contributed by atoms with E-state index in [-0.39, 0.29) is 5.41 Å². The SMILES string of the molecule is CC1(c2nc(NN)cc(C3CCCC3)n2)CC1. The monoisotopic (exact) mass is 232 g/mol. The van der Waals surface area contributed by atoms with Gasteiger partial charge < -0.3 is 5.43 Å². The van der Waals surface area contributed by atoms with E-state index in [1.54, 1.807) is 0 Å². The fraction of sp³-hybridized carbons (Fsp3) is 0.692. The highest BCUT2D eigenvalue weighted by Crippen LogP contribution is 2.46. The third-order valence-corrected chi connectivity index (χ3v) is 4.21. The number of nitrogen functional groups attached to an aromatic ring is 1. The Kier molecular flexibility index (Phi) is 2.54. The molecule has 0 saturated heterocycles.